The summed E-state index contributed by atoms with van der Waals surface area (Å²) in [7, 11) is 0. The first-order chi connectivity index (χ1) is 7.82. The highest BCUT2D eigenvalue weighted by atomic mass is 35.5. The van der Waals surface area contributed by atoms with Crippen molar-refractivity contribution in [3.63, 3.8) is 0 Å². The van der Waals surface area contributed by atoms with Crippen LogP contribution in [0.1, 0.15) is 26.1 Å². The van der Waals surface area contributed by atoms with Crippen molar-refractivity contribution in [1.29, 1.82) is 0 Å². The molecule has 0 saturated heterocycles. The molecule has 1 N–H and O–H groups in total. The van der Waals surface area contributed by atoms with Gasteiger partial charge < -0.3 is 5.32 Å². The van der Waals surface area contributed by atoms with Crippen LogP contribution in [0.15, 0.2) is 0 Å². The zero-order valence-corrected chi connectivity index (χ0v) is 11.0. The average Bonchev–Trinajstić information content (AvgIpc) is 2.63. The standard InChI is InChI=1S/C9H13ClF3N3S/c1-5(2)3-6(4-10)14-8-15-7(16-17-8)9(11,12)13/h5-6H,3-4H2,1-2H3,(H,14,15,16). The number of nitrogens with one attached hydrogen (secondary N) is 1. The first-order valence-corrected chi connectivity index (χ1v) is 6.37. The molecule has 1 heterocycles. The number of nitrogens with zero attached hydrogens (tertiary/aromatic N) is 2. The second kappa shape index (κ2) is 5.86. The summed E-state index contributed by atoms with van der Waals surface area (Å²) in [6, 6.07) is -0.0919. The lowest BCUT2D eigenvalue weighted by atomic mass is 10.1. The van der Waals surface area contributed by atoms with Gasteiger partial charge in [0.05, 0.1) is 0 Å². The minimum atomic E-state index is -4.50. The second-order valence-electron chi connectivity index (χ2n) is 4.05. The lowest BCUT2D eigenvalue weighted by molar-refractivity contribution is -0.144. The second-order valence-corrected chi connectivity index (χ2v) is 5.11. The van der Waals surface area contributed by atoms with Crippen molar-refractivity contribution >= 4 is 28.3 Å². The van der Waals surface area contributed by atoms with Gasteiger partial charge in [-0.15, -0.1) is 11.6 Å². The molecule has 0 saturated carbocycles. The summed E-state index contributed by atoms with van der Waals surface area (Å²) >= 11 is 6.43. The van der Waals surface area contributed by atoms with Crippen LogP contribution in [0, 0.1) is 5.92 Å². The van der Waals surface area contributed by atoms with E-state index in [1.165, 1.54) is 0 Å². The maximum absolute atomic E-state index is 12.3. The smallest absolute Gasteiger partial charge is 0.356 e. The van der Waals surface area contributed by atoms with Crippen LogP contribution in [0.3, 0.4) is 0 Å². The van der Waals surface area contributed by atoms with Gasteiger partial charge in [0.2, 0.25) is 11.0 Å². The van der Waals surface area contributed by atoms with Crippen LogP contribution < -0.4 is 5.32 Å². The lowest BCUT2D eigenvalue weighted by Crippen LogP contribution is -2.23. The molecule has 1 unspecified atom stereocenters. The molecule has 1 rings (SSSR count). The van der Waals surface area contributed by atoms with E-state index >= 15 is 0 Å². The number of rotatable bonds is 5. The van der Waals surface area contributed by atoms with Crippen molar-refractivity contribution in [3.8, 4) is 0 Å². The molecule has 0 aliphatic carbocycles. The number of alkyl halides is 4. The summed E-state index contributed by atoms with van der Waals surface area (Å²) in [6.07, 6.45) is -3.73. The Morgan fingerprint density at radius 1 is 1.41 bits per heavy atom. The molecule has 8 heteroatoms. The van der Waals surface area contributed by atoms with Gasteiger partial charge in [-0.05, 0) is 12.3 Å². The topological polar surface area (TPSA) is 37.8 Å². The third-order valence-electron chi connectivity index (χ3n) is 1.95. The zero-order chi connectivity index (χ0) is 13.1. The molecule has 1 aromatic heterocycles. The van der Waals surface area contributed by atoms with E-state index in [9.17, 15) is 13.2 Å². The molecule has 0 fully saturated rings. The highest BCUT2D eigenvalue weighted by molar-refractivity contribution is 7.09. The predicted molar refractivity (Wildman–Crippen MR) is 62.5 cm³/mol. The van der Waals surface area contributed by atoms with E-state index in [0.717, 1.165) is 6.42 Å². The van der Waals surface area contributed by atoms with E-state index in [1.54, 1.807) is 0 Å². The van der Waals surface area contributed by atoms with Crippen molar-refractivity contribution in [2.24, 2.45) is 5.92 Å². The van der Waals surface area contributed by atoms with E-state index in [-0.39, 0.29) is 11.2 Å². The molecule has 0 spiro atoms. The Labute approximate surface area is 107 Å². The molecule has 0 aliphatic rings. The third kappa shape index (κ3) is 4.67. The Morgan fingerprint density at radius 3 is 2.47 bits per heavy atom. The van der Waals surface area contributed by atoms with Crippen molar-refractivity contribution in [3.05, 3.63) is 5.82 Å². The van der Waals surface area contributed by atoms with Crippen molar-refractivity contribution in [1.82, 2.24) is 9.36 Å². The van der Waals surface area contributed by atoms with E-state index in [0.29, 0.717) is 23.3 Å². The first-order valence-electron chi connectivity index (χ1n) is 5.06. The van der Waals surface area contributed by atoms with Gasteiger partial charge in [0, 0.05) is 23.5 Å². The summed E-state index contributed by atoms with van der Waals surface area (Å²) in [5.74, 6) is -0.386. The van der Waals surface area contributed by atoms with Crippen LogP contribution in [0.5, 0.6) is 0 Å². The number of anilines is 1. The molecule has 0 bridgehead atoms. The molecule has 1 aromatic rings. The van der Waals surface area contributed by atoms with Crippen LogP contribution in [0.4, 0.5) is 18.3 Å². The molecular formula is C9H13ClF3N3S. The Hall–Kier alpha value is -0.560. The fourth-order valence-corrected chi connectivity index (χ4v) is 2.17. The SMILES string of the molecule is CC(C)CC(CCl)Nc1nc(C(F)(F)F)ns1. The van der Waals surface area contributed by atoms with Crippen LogP contribution in [-0.2, 0) is 6.18 Å². The molecule has 0 radical (unpaired) electrons. The number of hydrogen-bond acceptors (Lipinski definition) is 4. The van der Waals surface area contributed by atoms with Gasteiger partial charge in [-0.25, -0.2) is 0 Å². The van der Waals surface area contributed by atoms with Gasteiger partial charge in [-0.2, -0.15) is 22.5 Å². The van der Waals surface area contributed by atoms with Crippen LogP contribution in [0.25, 0.3) is 0 Å². The largest absolute Gasteiger partial charge is 0.452 e. The minimum Gasteiger partial charge on any atom is -0.356 e. The predicted octanol–water partition coefficient (Wildman–Crippen LogP) is 3.62. The Balaban J connectivity index is 2.65. The maximum Gasteiger partial charge on any atom is 0.452 e. The van der Waals surface area contributed by atoms with E-state index in [1.807, 2.05) is 13.8 Å². The van der Waals surface area contributed by atoms with Gasteiger partial charge >= 0.3 is 6.18 Å². The number of halogens is 4. The van der Waals surface area contributed by atoms with Gasteiger partial charge in [-0.1, -0.05) is 13.8 Å². The van der Waals surface area contributed by atoms with E-state index < -0.39 is 12.0 Å². The number of hydrogen-bond donors (Lipinski definition) is 1. The Morgan fingerprint density at radius 2 is 2.06 bits per heavy atom. The lowest BCUT2D eigenvalue weighted by Gasteiger charge is -2.16. The van der Waals surface area contributed by atoms with Crippen LogP contribution >= 0.6 is 23.1 Å². The van der Waals surface area contributed by atoms with Gasteiger partial charge in [0.1, 0.15) is 0 Å². The fourth-order valence-electron chi connectivity index (χ4n) is 1.30. The minimum absolute atomic E-state index is 0.0919. The monoisotopic (exact) mass is 287 g/mol. The molecular weight excluding hydrogens is 275 g/mol. The molecule has 17 heavy (non-hydrogen) atoms. The zero-order valence-electron chi connectivity index (χ0n) is 9.38. The fraction of sp³-hybridized carbons (Fsp3) is 0.778. The summed E-state index contributed by atoms with van der Waals surface area (Å²) in [5, 5.41) is 3.02. The number of aromatic nitrogens is 2. The summed E-state index contributed by atoms with van der Waals surface area (Å²) in [4.78, 5) is 3.39. The van der Waals surface area contributed by atoms with Crippen LogP contribution in [0.2, 0.25) is 0 Å². The summed E-state index contributed by atoms with van der Waals surface area (Å²) in [5.41, 5.74) is 0. The first kappa shape index (κ1) is 14.5. The molecule has 0 amide bonds. The molecule has 1 atom stereocenters. The van der Waals surface area contributed by atoms with Gasteiger partial charge in [-0.3, -0.25) is 0 Å². The van der Waals surface area contributed by atoms with Gasteiger partial charge in [0.25, 0.3) is 0 Å². The van der Waals surface area contributed by atoms with Gasteiger partial charge in [0.15, 0.2) is 0 Å². The molecule has 98 valence electrons. The highest BCUT2D eigenvalue weighted by Crippen LogP contribution is 2.29. The summed E-state index contributed by atoms with van der Waals surface area (Å²) < 4.78 is 40.0. The van der Waals surface area contributed by atoms with Crippen molar-refractivity contribution in [2.45, 2.75) is 32.5 Å². The van der Waals surface area contributed by atoms with Crippen molar-refractivity contribution < 1.29 is 13.2 Å². The Kier molecular flexibility index (Phi) is 5.00. The van der Waals surface area contributed by atoms with Crippen LogP contribution in [-0.4, -0.2) is 21.3 Å². The average molecular weight is 288 g/mol. The normalized spacial score (nSPS) is 14.1. The van der Waals surface area contributed by atoms with E-state index in [2.05, 4.69) is 14.7 Å². The molecule has 3 nitrogen and oxygen atoms in total. The quantitative estimate of drug-likeness (QED) is 0.841. The van der Waals surface area contributed by atoms with Crippen molar-refractivity contribution in [2.75, 3.05) is 11.2 Å². The highest BCUT2D eigenvalue weighted by Gasteiger charge is 2.36. The van der Waals surface area contributed by atoms with E-state index in [4.69, 9.17) is 11.6 Å². The third-order valence-corrected chi connectivity index (χ3v) is 2.97. The summed E-state index contributed by atoms with van der Waals surface area (Å²) in [6.45, 7) is 4.03. The maximum atomic E-state index is 12.3. The molecule has 0 aromatic carbocycles. The Bertz CT molecular complexity index is 354. The molecule has 0 aliphatic heterocycles.